The van der Waals surface area contributed by atoms with Crippen molar-refractivity contribution in [2.75, 3.05) is 0 Å². The molecule has 2 aromatic heterocycles. The third kappa shape index (κ3) is 2.23. The molecule has 0 spiro atoms. The Labute approximate surface area is 141 Å². The molecule has 0 unspecified atom stereocenters. The van der Waals surface area contributed by atoms with Gasteiger partial charge in [0, 0.05) is 12.7 Å². The number of hydrogen-bond donors (Lipinski definition) is 3. The molecule has 3 N–H and O–H groups in total. The van der Waals surface area contributed by atoms with E-state index in [1.807, 2.05) is 28.8 Å². The van der Waals surface area contributed by atoms with E-state index >= 15 is 0 Å². The summed E-state index contributed by atoms with van der Waals surface area (Å²) in [6.07, 6.45) is 0.776. The summed E-state index contributed by atoms with van der Waals surface area (Å²) >= 11 is 5.31. The second kappa shape index (κ2) is 5.34. The van der Waals surface area contributed by atoms with Crippen LogP contribution in [0.5, 0.6) is 0 Å². The summed E-state index contributed by atoms with van der Waals surface area (Å²) in [6.45, 7) is 1.24. The second-order valence-corrected chi connectivity index (χ2v) is 6.16. The van der Waals surface area contributed by atoms with Crippen LogP contribution in [0.15, 0.2) is 35.3 Å². The lowest BCUT2D eigenvalue weighted by Gasteiger charge is -2.13. The molecule has 1 aromatic carbocycles. The molecule has 0 saturated heterocycles. The third-order valence-electron chi connectivity index (χ3n) is 4.39. The van der Waals surface area contributed by atoms with E-state index in [0.717, 1.165) is 22.2 Å². The van der Waals surface area contributed by atoms with Crippen LogP contribution in [-0.2, 0) is 19.6 Å². The van der Waals surface area contributed by atoms with E-state index in [9.17, 15) is 14.7 Å². The van der Waals surface area contributed by atoms with Crippen LogP contribution in [0, 0.1) is 4.77 Å². The lowest BCUT2D eigenvalue weighted by atomic mass is 10.0. The number of amides is 1. The second-order valence-electron chi connectivity index (χ2n) is 5.78. The normalized spacial score (nSPS) is 13.4. The first kappa shape index (κ1) is 14.7. The minimum absolute atomic E-state index is 0.244. The molecule has 3 heterocycles. The number of nitrogens with zero attached hydrogens (tertiary/aromatic N) is 2. The molecule has 0 fully saturated rings. The average molecular weight is 342 g/mol. The number of aromatic amines is 2. The van der Waals surface area contributed by atoms with Gasteiger partial charge >= 0.3 is 6.09 Å². The Morgan fingerprint density at radius 2 is 2.12 bits per heavy atom. The van der Waals surface area contributed by atoms with Crippen molar-refractivity contribution >= 4 is 29.3 Å². The zero-order chi connectivity index (χ0) is 16.8. The SMILES string of the molecule is O=C(O)N1Cc2cccc(Cn3c(=S)[nH]c(=O)c4[nH]ccc43)c2C1. The third-order valence-corrected chi connectivity index (χ3v) is 4.71. The Hall–Kier alpha value is -2.87. The van der Waals surface area contributed by atoms with Gasteiger partial charge in [0.25, 0.3) is 5.56 Å². The van der Waals surface area contributed by atoms with Crippen molar-refractivity contribution in [2.45, 2.75) is 19.6 Å². The summed E-state index contributed by atoms with van der Waals surface area (Å²) in [4.78, 5) is 30.1. The van der Waals surface area contributed by atoms with Crippen LogP contribution in [0.2, 0.25) is 0 Å². The number of rotatable bonds is 2. The summed E-state index contributed by atoms with van der Waals surface area (Å²) in [5.41, 5.74) is 3.99. The number of H-pyrrole nitrogens is 2. The van der Waals surface area contributed by atoms with E-state index in [4.69, 9.17) is 12.2 Å². The maximum Gasteiger partial charge on any atom is 0.407 e. The number of hydrogen-bond acceptors (Lipinski definition) is 3. The Morgan fingerprint density at radius 1 is 1.29 bits per heavy atom. The molecule has 0 aliphatic carbocycles. The Bertz CT molecular complexity index is 1080. The number of fused-ring (bicyclic) bond motifs is 2. The molecular formula is C16H14N4O3S. The summed E-state index contributed by atoms with van der Waals surface area (Å²) in [6, 6.07) is 7.64. The molecule has 0 radical (unpaired) electrons. The first-order chi connectivity index (χ1) is 11.5. The van der Waals surface area contributed by atoms with Crippen molar-refractivity contribution in [3.8, 4) is 0 Å². The molecule has 1 amide bonds. The van der Waals surface area contributed by atoms with Crippen LogP contribution < -0.4 is 5.56 Å². The van der Waals surface area contributed by atoms with Crippen LogP contribution in [-0.4, -0.2) is 30.6 Å². The predicted molar refractivity (Wildman–Crippen MR) is 90.6 cm³/mol. The number of aromatic nitrogens is 3. The van der Waals surface area contributed by atoms with Gasteiger partial charge in [-0.1, -0.05) is 18.2 Å². The molecular weight excluding hydrogens is 328 g/mol. The van der Waals surface area contributed by atoms with Crippen LogP contribution in [0.1, 0.15) is 16.7 Å². The Kier molecular flexibility index (Phi) is 3.27. The van der Waals surface area contributed by atoms with Crippen LogP contribution >= 0.6 is 12.2 Å². The molecule has 0 bridgehead atoms. The van der Waals surface area contributed by atoms with Gasteiger partial charge in [0.05, 0.1) is 18.6 Å². The zero-order valence-corrected chi connectivity index (χ0v) is 13.4. The van der Waals surface area contributed by atoms with E-state index in [1.54, 1.807) is 6.20 Å². The zero-order valence-electron chi connectivity index (χ0n) is 12.6. The lowest BCUT2D eigenvalue weighted by Crippen LogP contribution is -2.22. The van der Waals surface area contributed by atoms with E-state index in [2.05, 4.69) is 9.97 Å². The Balaban J connectivity index is 1.81. The van der Waals surface area contributed by atoms with Gasteiger partial charge in [0.1, 0.15) is 5.52 Å². The smallest absolute Gasteiger partial charge is 0.407 e. The van der Waals surface area contributed by atoms with Crippen molar-refractivity contribution in [1.82, 2.24) is 19.4 Å². The number of carboxylic acid groups (broad SMARTS) is 1. The molecule has 24 heavy (non-hydrogen) atoms. The number of benzene rings is 1. The van der Waals surface area contributed by atoms with Crippen molar-refractivity contribution in [2.24, 2.45) is 0 Å². The fourth-order valence-electron chi connectivity index (χ4n) is 3.21. The molecule has 3 aromatic rings. The van der Waals surface area contributed by atoms with Gasteiger partial charge in [0.2, 0.25) is 0 Å². The highest BCUT2D eigenvalue weighted by molar-refractivity contribution is 7.71. The fraction of sp³-hybridized carbons (Fsp3) is 0.188. The highest BCUT2D eigenvalue weighted by Crippen LogP contribution is 2.27. The van der Waals surface area contributed by atoms with Crippen LogP contribution in [0.4, 0.5) is 4.79 Å². The van der Waals surface area contributed by atoms with E-state index < -0.39 is 6.09 Å². The molecule has 4 rings (SSSR count). The largest absolute Gasteiger partial charge is 0.465 e. The minimum Gasteiger partial charge on any atom is -0.465 e. The molecule has 1 aliphatic heterocycles. The molecule has 0 saturated carbocycles. The maximum atomic E-state index is 11.9. The molecule has 8 heteroatoms. The van der Waals surface area contributed by atoms with E-state index in [1.165, 1.54) is 4.90 Å². The highest BCUT2D eigenvalue weighted by Gasteiger charge is 2.25. The fourth-order valence-corrected chi connectivity index (χ4v) is 3.46. The first-order valence-electron chi connectivity index (χ1n) is 7.42. The molecule has 7 nitrogen and oxygen atoms in total. The van der Waals surface area contributed by atoms with Crippen LogP contribution in [0.25, 0.3) is 11.0 Å². The van der Waals surface area contributed by atoms with Gasteiger partial charge in [-0.2, -0.15) is 0 Å². The lowest BCUT2D eigenvalue weighted by molar-refractivity contribution is 0.145. The van der Waals surface area contributed by atoms with Crippen molar-refractivity contribution in [1.29, 1.82) is 0 Å². The van der Waals surface area contributed by atoms with Crippen molar-refractivity contribution in [3.05, 3.63) is 62.3 Å². The highest BCUT2D eigenvalue weighted by atomic mass is 32.1. The number of nitrogens with one attached hydrogen (secondary N) is 2. The molecule has 122 valence electrons. The summed E-state index contributed by atoms with van der Waals surface area (Å²) < 4.78 is 2.19. The Morgan fingerprint density at radius 3 is 2.92 bits per heavy atom. The molecule has 1 aliphatic rings. The minimum atomic E-state index is -0.925. The average Bonchev–Trinajstić information content (AvgIpc) is 3.18. The first-order valence-corrected chi connectivity index (χ1v) is 7.83. The van der Waals surface area contributed by atoms with Gasteiger partial charge < -0.3 is 14.7 Å². The van der Waals surface area contributed by atoms with Crippen molar-refractivity contribution in [3.63, 3.8) is 0 Å². The van der Waals surface area contributed by atoms with Gasteiger partial charge in [-0.15, -0.1) is 0 Å². The van der Waals surface area contributed by atoms with E-state index in [-0.39, 0.29) is 5.56 Å². The summed E-state index contributed by atoms with van der Waals surface area (Å²) in [5.74, 6) is 0. The number of carbonyl (C=O) groups is 1. The van der Waals surface area contributed by atoms with Gasteiger partial charge in [0.15, 0.2) is 4.77 Å². The molecule has 0 atom stereocenters. The topological polar surface area (TPSA) is 94.1 Å². The quantitative estimate of drug-likeness (QED) is 0.624. The summed E-state index contributed by atoms with van der Waals surface area (Å²) in [5, 5.41) is 9.21. The monoisotopic (exact) mass is 342 g/mol. The summed E-state index contributed by atoms with van der Waals surface area (Å²) in [7, 11) is 0. The van der Waals surface area contributed by atoms with Crippen molar-refractivity contribution < 1.29 is 9.90 Å². The standard InChI is InChI=1S/C16H14N4O3S/c21-14-13-12(4-5-17-13)20(15(24)18-14)7-10-3-1-2-9-6-19(16(22)23)8-11(9)10/h1-5,17H,6-8H2,(H,22,23)(H,18,21,24). The van der Waals surface area contributed by atoms with Gasteiger partial charge in [-0.3, -0.25) is 14.7 Å². The van der Waals surface area contributed by atoms with E-state index in [0.29, 0.717) is 29.9 Å². The van der Waals surface area contributed by atoms with Gasteiger partial charge in [-0.05, 0) is 35.0 Å². The predicted octanol–water partition coefficient (Wildman–Crippen LogP) is 2.43. The van der Waals surface area contributed by atoms with Gasteiger partial charge in [-0.25, -0.2) is 4.79 Å². The maximum absolute atomic E-state index is 11.9. The van der Waals surface area contributed by atoms with Crippen LogP contribution in [0.3, 0.4) is 0 Å².